The number of hydrogen-bond acceptors (Lipinski definition) is 5. The van der Waals surface area contributed by atoms with Gasteiger partial charge in [0, 0.05) is 12.5 Å². The third-order valence-electron chi connectivity index (χ3n) is 3.52. The van der Waals surface area contributed by atoms with Crippen molar-refractivity contribution in [3.8, 4) is 5.75 Å². The van der Waals surface area contributed by atoms with Crippen LogP contribution in [0.4, 0.5) is 0 Å². The van der Waals surface area contributed by atoms with Crippen molar-refractivity contribution in [1.82, 2.24) is 4.90 Å². The number of esters is 1. The first-order chi connectivity index (χ1) is 10.8. The summed E-state index contributed by atoms with van der Waals surface area (Å²) in [4.78, 5) is 37.6. The minimum Gasteiger partial charge on any atom is -0.497 e. The second-order valence-electron chi connectivity index (χ2n) is 5.51. The molecule has 1 rings (SSSR count). The van der Waals surface area contributed by atoms with Crippen LogP contribution in [0.5, 0.6) is 5.75 Å². The molecule has 1 aromatic rings. The maximum Gasteiger partial charge on any atom is 0.328 e. The molecule has 0 aliphatic heterocycles. The Balaban J connectivity index is 3.04. The van der Waals surface area contributed by atoms with Crippen molar-refractivity contribution < 1.29 is 23.9 Å². The van der Waals surface area contributed by atoms with Gasteiger partial charge in [-0.05, 0) is 18.1 Å². The zero-order chi connectivity index (χ0) is 17.6. The second-order valence-corrected chi connectivity index (χ2v) is 5.51. The second kappa shape index (κ2) is 8.31. The Kier molecular flexibility index (Phi) is 6.75. The van der Waals surface area contributed by atoms with Gasteiger partial charge >= 0.3 is 5.97 Å². The van der Waals surface area contributed by atoms with E-state index in [2.05, 4.69) is 0 Å². The maximum absolute atomic E-state index is 12.5. The number of nitrogens with zero attached hydrogens (tertiary/aromatic N) is 1. The van der Waals surface area contributed by atoms with Crippen LogP contribution in [0, 0.1) is 5.92 Å². The number of carbonyl (C=O) groups excluding carboxylic acids is 3. The Bertz CT molecular complexity index is 582. The topological polar surface area (TPSA) is 72.9 Å². The summed E-state index contributed by atoms with van der Waals surface area (Å²) in [5, 5.41) is 0. The quantitative estimate of drug-likeness (QED) is 0.567. The molecule has 1 aromatic carbocycles. The summed E-state index contributed by atoms with van der Waals surface area (Å²) < 4.78 is 9.86. The molecule has 0 aromatic heterocycles. The number of ketones is 1. The van der Waals surface area contributed by atoms with Crippen molar-refractivity contribution in [3.63, 3.8) is 0 Å². The lowest BCUT2D eigenvalue weighted by Crippen LogP contribution is -2.49. The number of benzene rings is 1. The number of amides is 1. The van der Waals surface area contributed by atoms with Crippen molar-refractivity contribution >= 4 is 17.7 Å². The van der Waals surface area contributed by atoms with E-state index in [9.17, 15) is 14.4 Å². The summed E-state index contributed by atoms with van der Waals surface area (Å²) in [6.45, 7) is 4.73. The molecular weight excluding hydrogens is 298 g/mol. The molecule has 0 spiro atoms. The van der Waals surface area contributed by atoms with Gasteiger partial charge in [-0.25, -0.2) is 4.79 Å². The SMILES string of the molecule is COC(=O)[C@@H](C(C)C)N(CC(=O)c1cccc(OC)c1)C(C)=O. The number of rotatable bonds is 7. The zero-order valence-electron chi connectivity index (χ0n) is 14.2. The summed E-state index contributed by atoms with van der Waals surface area (Å²) in [5.74, 6) is -0.782. The summed E-state index contributed by atoms with van der Waals surface area (Å²) in [6, 6.07) is 5.87. The van der Waals surface area contributed by atoms with Crippen LogP contribution in [0.2, 0.25) is 0 Å². The van der Waals surface area contributed by atoms with E-state index in [1.54, 1.807) is 38.1 Å². The lowest BCUT2D eigenvalue weighted by atomic mass is 10.0. The molecule has 0 N–H and O–H groups in total. The van der Waals surface area contributed by atoms with E-state index in [4.69, 9.17) is 9.47 Å². The predicted molar refractivity (Wildman–Crippen MR) is 85.4 cm³/mol. The average molecular weight is 321 g/mol. The fourth-order valence-electron chi connectivity index (χ4n) is 2.33. The molecule has 6 heteroatoms. The highest BCUT2D eigenvalue weighted by molar-refractivity contribution is 6.00. The molecule has 0 unspecified atom stereocenters. The van der Waals surface area contributed by atoms with E-state index in [0.717, 1.165) is 0 Å². The summed E-state index contributed by atoms with van der Waals surface area (Å²) >= 11 is 0. The molecule has 0 radical (unpaired) electrons. The molecule has 0 fully saturated rings. The average Bonchev–Trinajstić information content (AvgIpc) is 2.53. The molecular formula is C17H23NO5. The molecule has 1 amide bonds. The first-order valence-electron chi connectivity index (χ1n) is 7.34. The van der Waals surface area contributed by atoms with Crippen LogP contribution in [0.15, 0.2) is 24.3 Å². The molecule has 0 bridgehead atoms. The molecule has 0 saturated carbocycles. The van der Waals surface area contributed by atoms with Gasteiger partial charge in [-0.15, -0.1) is 0 Å². The molecule has 1 atom stereocenters. The molecule has 0 heterocycles. The molecule has 23 heavy (non-hydrogen) atoms. The summed E-state index contributed by atoms with van der Waals surface area (Å²) in [5.41, 5.74) is 0.419. The van der Waals surface area contributed by atoms with Crippen molar-refractivity contribution in [2.45, 2.75) is 26.8 Å². The van der Waals surface area contributed by atoms with E-state index in [-0.39, 0.29) is 24.2 Å². The zero-order valence-corrected chi connectivity index (χ0v) is 14.2. The van der Waals surface area contributed by atoms with Crippen LogP contribution in [0.1, 0.15) is 31.1 Å². The van der Waals surface area contributed by atoms with E-state index in [1.165, 1.54) is 26.0 Å². The van der Waals surface area contributed by atoms with Crippen molar-refractivity contribution in [2.75, 3.05) is 20.8 Å². The Labute approximate surface area is 136 Å². The summed E-state index contributed by atoms with van der Waals surface area (Å²) in [6.07, 6.45) is 0. The predicted octanol–water partition coefficient (Wildman–Crippen LogP) is 1.92. The van der Waals surface area contributed by atoms with Crippen molar-refractivity contribution in [1.29, 1.82) is 0 Å². The largest absolute Gasteiger partial charge is 0.497 e. The van der Waals surface area contributed by atoms with Crippen molar-refractivity contribution in [3.05, 3.63) is 29.8 Å². The minimum atomic E-state index is -0.799. The minimum absolute atomic E-state index is 0.176. The third kappa shape index (κ3) is 4.81. The van der Waals surface area contributed by atoms with Crippen LogP contribution in [-0.4, -0.2) is 49.4 Å². The van der Waals surface area contributed by atoms with Crippen LogP contribution in [0.25, 0.3) is 0 Å². The van der Waals surface area contributed by atoms with E-state index in [1.807, 2.05) is 0 Å². The van der Waals surface area contributed by atoms with E-state index in [0.29, 0.717) is 11.3 Å². The Morgan fingerprint density at radius 1 is 1.17 bits per heavy atom. The maximum atomic E-state index is 12.5. The van der Waals surface area contributed by atoms with Gasteiger partial charge < -0.3 is 14.4 Å². The normalized spacial score (nSPS) is 11.7. The monoisotopic (exact) mass is 321 g/mol. The standard InChI is InChI=1S/C17H23NO5/c1-11(2)16(17(21)23-5)18(12(3)19)10-15(20)13-7-6-8-14(9-13)22-4/h6-9,11,16H,10H2,1-5H3/t16-/m1/s1. The van der Waals surface area contributed by atoms with Crippen LogP contribution >= 0.6 is 0 Å². The summed E-state index contributed by atoms with van der Waals surface area (Å²) in [7, 11) is 2.78. The number of Topliss-reactive ketones (excluding diaryl/α,β-unsaturated/α-hetero) is 1. The highest BCUT2D eigenvalue weighted by Gasteiger charge is 2.33. The van der Waals surface area contributed by atoms with Crippen LogP contribution in [0.3, 0.4) is 0 Å². The fraction of sp³-hybridized carbons (Fsp3) is 0.471. The van der Waals surface area contributed by atoms with Gasteiger partial charge in [-0.1, -0.05) is 26.0 Å². The van der Waals surface area contributed by atoms with Gasteiger partial charge in [0.1, 0.15) is 11.8 Å². The Morgan fingerprint density at radius 3 is 2.30 bits per heavy atom. The molecule has 126 valence electrons. The number of hydrogen-bond donors (Lipinski definition) is 0. The molecule has 0 saturated heterocycles. The molecule has 0 aliphatic carbocycles. The highest BCUT2D eigenvalue weighted by atomic mass is 16.5. The highest BCUT2D eigenvalue weighted by Crippen LogP contribution is 2.17. The number of methoxy groups -OCH3 is 2. The van der Waals surface area contributed by atoms with Crippen LogP contribution < -0.4 is 4.74 Å². The number of carbonyl (C=O) groups is 3. The fourth-order valence-corrected chi connectivity index (χ4v) is 2.33. The van der Waals surface area contributed by atoms with Gasteiger partial charge in [0.25, 0.3) is 0 Å². The Morgan fingerprint density at radius 2 is 1.83 bits per heavy atom. The van der Waals surface area contributed by atoms with Gasteiger partial charge in [-0.3, -0.25) is 9.59 Å². The van der Waals surface area contributed by atoms with Crippen LogP contribution in [-0.2, 0) is 14.3 Å². The first kappa shape index (κ1) is 18.7. The smallest absolute Gasteiger partial charge is 0.328 e. The van der Waals surface area contributed by atoms with Gasteiger partial charge in [0.05, 0.1) is 20.8 Å². The first-order valence-corrected chi connectivity index (χ1v) is 7.34. The molecule has 0 aliphatic rings. The van der Waals surface area contributed by atoms with E-state index >= 15 is 0 Å². The third-order valence-corrected chi connectivity index (χ3v) is 3.52. The molecule has 6 nitrogen and oxygen atoms in total. The van der Waals surface area contributed by atoms with Gasteiger partial charge in [0.2, 0.25) is 5.91 Å². The number of ether oxygens (including phenoxy) is 2. The lowest BCUT2D eigenvalue weighted by Gasteiger charge is -2.31. The van der Waals surface area contributed by atoms with E-state index < -0.39 is 12.0 Å². The lowest BCUT2D eigenvalue weighted by molar-refractivity contribution is -0.153. The Hall–Kier alpha value is -2.37. The van der Waals surface area contributed by atoms with Gasteiger partial charge in [0.15, 0.2) is 5.78 Å². The van der Waals surface area contributed by atoms with Gasteiger partial charge in [-0.2, -0.15) is 0 Å². The van der Waals surface area contributed by atoms with Crippen molar-refractivity contribution in [2.24, 2.45) is 5.92 Å².